The Hall–Kier alpha value is -1.09. The molecule has 0 radical (unpaired) electrons. The molecule has 1 unspecified atom stereocenters. The molecule has 2 N–H and O–H groups in total. The van der Waals surface area contributed by atoms with E-state index in [2.05, 4.69) is 4.98 Å². The van der Waals surface area contributed by atoms with Crippen molar-refractivity contribution >= 4 is 23.2 Å². The first-order valence-corrected chi connectivity index (χ1v) is 6.99. The first kappa shape index (κ1) is 14.3. The lowest BCUT2D eigenvalue weighted by Gasteiger charge is -2.13. The molecule has 0 aliphatic heterocycles. The van der Waals surface area contributed by atoms with Gasteiger partial charge >= 0.3 is 0 Å². The molecule has 0 aliphatic rings. The fourth-order valence-corrected chi connectivity index (χ4v) is 2.46. The molecule has 19 heavy (non-hydrogen) atoms. The molecule has 0 fully saturated rings. The van der Waals surface area contributed by atoms with E-state index in [0.717, 1.165) is 24.8 Å². The maximum atomic E-state index is 6.15. The third-order valence-corrected chi connectivity index (χ3v) is 3.64. The van der Waals surface area contributed by atoms with Gasteiger partial charge < -0.3 is 5.73 Å². The zero-order valence-electron chi connectivity index (χ0n) is 10.5. The lowest BCUT2D eigenvalue weighted by Crippen LogP contribution is -2.23. The highest BCUT2D eigenvalue weighted by Crippen LogP contribution is 2.22. The van der Waals surface area contributed by atoms with Gasteiger partial charge in [0.1, 0.15) is 0 Å². The summed E-state index contributed by atoms with van der Waals surface area (Å²) in [5.74, 6) is 0. The van der Waals surface area contributed by atoms with Gasteiger partial charge in [0.25, 0.3) is 0 Å². The first-order chi connectivity index (χ1) is 9.15. The zero-order chi connectivity index (χ0) is 13.7. The van der Waals surface area contributed by atoms with Gasteiger partial charge in [-0.1, -0.05) is 29.3 Å². The van der Waals surface area contributed by atoms with Crippen molar-refractivity contribution in [2.45, 2.75) is 25.3 Å². The molecule has 1 aromatic carbocycles. The summed E-state index contributed by atoms with van der Waals surface area (Å²) >= 11 is 12.0. The normalized spacial score (nSPS) is 12.4. The van der Waals surface area contributed by atoms with E-state index in [0.29, 0.717) is 10.0 Å². The Balaban J connectivity index is 1.89. The summed E-state index contributed by atoms with van der Waals surface area (Å²) in [6.07, 6.45) is 6.24. The molecule has 0 bridgehead atoms. The maximum absolute atomic E-state index is 6.15. The largest absolute Gasteiger partial charge is 0.327 e. The van der Waals surface area contributed by atoms with Gasteiger partial charge in [-0.2, -0.15) is 0 Å². The van der Waals surface area contributed by atoms with Crippen molar-refractivity contribution in [1.29, 1.82) is 0 Å². The van der Waals surface area contributed by atoms with Crippen LogP contribution in [0.25, 0.3) is 0 Å². The van der Waals surface area contributed by atoms with Crippen molar-refractivity contribution in [3.05, 3.63) is 63.9 Å². The fraction of sp³-hybridized carbons (Fsp3) is 0.267. The minimum atomic E-state index is 0.0897. The number of nitrogens with two attached hydrogens (primary N) is 1. The number of rotatable bonds is 5. The highest BCUT2D eigenvalue weighted by molar-refractivity contribution is 6.35. The summed E-state index contributed by atoms with van der Waals surface area (Å²) in [7, 11) is 0. The summed E-state index contributed by atoms with van der Waals surface area (Å²) in [5.41, 5.74) is 8.46. The van der Waals surface area contributed by atoms with Crippen LogP contribution in [0.15, 0.2) is 42.7 Å². The number of nitrogens with zero attached hydrogens (tertiary/aromatic N) is 1. The van der Waals surface area contributed by atoms with E-state index in [1.165, 1.54) is 5.56 Å². The van der Waals surface area contributed by atoms with Crippen molar-refractivity contribution < 1.29 is 0 Å². The Morgan fingerprint density at radius 2 is 1.84 bits per heavy atom. The van der Waals surface area contributed by atoms with Crippen LogP contribution in [0.5, 0.6) is 0 Å². The van der Waals surface area contributed by atoms with Gasteiger partial charge in [-0.05, 0) is 54.7 Å². The molecule has 1 atom stereocenters. The zero-order valence-corrected chi connectivity index (χ0v) is 12.0. The Kier molecular flexibility index (Phi) is 5.20. The molecule has 2 aromatic rings. The van der Waals surface area contributed by atoms with Crippen LogP contribution in [-0.4, -0.2) is 11.0 Å². The van der Waals surface area contributed by atoms with Gasteiger partial charge in [0.2, 0.25) is 0 Å². The number of hydrogen-bond acceptors (Lipinski definition) is 2. The molecule has 0 amide bonds. The van der Waals surface area contributed by atoms with E-state index in [1.54, 1.807) is 18.5 Å². The summed E-state index contributed by atoms with van der Waals surface area (Å²) in [6, 6.07) is 9.67. The van der Waals surface area contributed by atoms with Gasteiger partial charge in [0.15, 0.2) is 0 Å². The molecule has 0 saturated heterocycles. The number of benzene rings is 1. The van der Waals surface area contributed by atoms with Crippen LogP contribution in [0.3, 0.4) is 0 Å². The van der Waals surface area contributed by atoms with Crippen molar-refractivity contribution in [3.8, 4) is 0 Å². The topological polar surface area (TPSA) is 38.9 Å². The lowest BCUT2D eigenvalue weighted by molar-refractivity contribution is 0.610. The van der Waals surface area contributed by atoms with Gasteiger partial charge in [0.05, 0.1) is 0 Å². The molecular weight excluding hydrogens is 279 g/mol. The van der Waals surface area contributed by atoms with Crippen LogP contribution >= 0.6 is 23.2 Å². The smallest absolute Gasteiger partial charge is 0.0453 e. The minimum absolute atomic E-state index is 0.0897. The quantitative estimate of drug-likeness (QED) is 0.908. The second-order valence-electron chi connectivity index (χ2n) is 4.59. The summed E-state index contributed by atoms with van der Waals surface area (Å²) in [4.78, 5) is 4.00. The fourth-order valence-electron chi connectivity index (χ4n) is 1.97. The van der Waals surface area contributed by atoms with Gasteiger partial charge in [-0.25, -0.2) is 0 Å². The first-order valence-electron chi connectivity index (χ1n) is 6.23. The van der Waals surface area contributed by atoms with Crippen LogP contribution in [0.1, 0.15) is 17.5 Å². The van der Waals surface area contributed by atoms with E-state index in [9.17, 15) is 0 Å². The Bertz CT molecular complexity index is 529. The predicted molar refractivity (Wildman–Crippen MR) is 80.7 cm³/mol. The number of pyridine rings is 1. The Morgan fingerprint density at radius 3 is 2.53 bits per heavy atom. The molecule has 1 aromatic heterocycles. The molecule has 1 heterocycles. The molecule has 0 aliphatic carbocycles. The van der Waals surface area contributed by atoms with E-state index < -0.39 is 0 Å². The van der Waals surface area contributed by atoms with Crippen molar-refractivity contribution in [1.82, 2.24) is 4.98 Å². The average Bonchev–Trinajstić information content (AvgIpc) is 2.41. The minimum Gasteiger partial charge on any atom is -0.327 e. The van der Waals surface area contributed by atoms with Gasteiger partial charge in [-0.3, -0.25) is 4.98 Å². The van der Waals surface area contributed by atoms with Crippen molar-refractivity contribution in [2.24, 2.45) is 5.73 Å². The third kappa shape index (κ3) is 4.50. The summed E-state index contributed by atoms with van der Waals surface area (Å²) < 4.78 is 0. The van der Waals surface area contributed by atoms with Crippen LogP contribution in [-0.2, 0) is 12.8 Å². The van der Waals surface area contributed by atoms with E-state index in [1.807, 2.05) is 24.3 Å². The van der Waals surface area contributed by atoms with Crippen LogP contribution in [0.4, 0.5) is 0 Å². The number of aromatic nitrogens is 1. The second-order valence-corrected chi connectivity index (χ2v) is 5.44. The van der Waals surface area contributed by atoms with Crippen molar-refractivity contribution in [2.75, 3.05) is 0 Å². The molecule has 2 rings (SSSR count). The standard InChI is InChI=1S/C15H16Cl2N2/c16-13-3-2-12(15(17)10-13)9-14(18)4-1-11-5-7-19-8-6-11/h2-3,5-8,10,14H,1,4,9,18H2. The second kappa shape index (κ2) is 6.90. The summed E-state index contributed by atoms with van der Waals surface area (Å²) in [6.45, 7) is 0. The lowest BCUT2D eigenvalue weighted by atomic mass is 10.0. The molecule has 2 nitrogen and oxygen atoms in total. The highest BCUT2D eigenvalue weighted by Gasteiger charge is 2.08. The van der Waals surface area contributed by atoms with Crippen molar-refractivity contribution in [3.63, 3.8) is 0 Å². The van der Waals surface area contributed by atoms with Crippen LogP contribution in [0, 0.1) is 0 Å². The van der Waals surface area contributed by atoms with Crippen LogP contribution < -0.4 is 5.73 Å². The molecule has 4 heteroatoms. The van der Waals surface area contributed by atoms with E-state index in [-0.39, 0.29) is 6.04 Å². The predicted octanol–water partition coefficient (Wildman–Crippen LogP) is 3.89. The van der Waals surface area contributed by atoms with Crippen LogP contribution in [0.2, 0.25) is 10.0 Å². The van der Waals surface area contributed by atoms with E-state index >= 15 is 0 Å². The monoisotopic (exact) mass is 294 g/mol. The molecule has 0 spiro atoms. The number of aryl methyl sites for hydroxylation is 1. The van der Waals surface area contributed by atoms with Gasteiger partial charge in [0, 0.05) is 28.5 Å². The van der Waals surface area contributed by atoms with Gasteiger partial charge in [-0.15, -0.1) is 0 Å². The Labute approximate surface area is 123 Å². The SMILES string of the molecule is NC(CCc1ccncc1)Cc1ccc(Cl)cc1Cl. The average molecular weight is 295 g/mol. The number of hydrogen-bond donors (Lipinski definition) is 1. The molecule has 0 saturated carbocycles. The number of halogens is 2. The third-order valence-electron chi connectivity index (χ3n) is 3.05. The maximum Gasteiger partial charge on any atom is 0.0453 e. The Morgan fingerprint density at radius 1 is 1.11 bits per heavy atom. The van der Waals surface area contributed by atoms with E-state index in [4.69, 9.17) is 28.9 Å². The highest BCUT2D eigenvalue weighted by atomic mass is 35.5. The molecular formula is C15H16Cl2N2. The molecule has 100 valence electrons. The summed E-state index contributed by atoms with van der Waals surface area (Å²) in [5, 5.41) is 1.34.